The van der Waals surface area contributed by atoms with Crippen molar-refractivity contribution in [2.75, 3.05) is 6.61 Å². The van der Waals surface area contributed by atoms with Crippen LogP contribution in [-0.4, -0.2) is 12.6 Å². The molecular formula is C20H30O2. The maximum atomic E-state index is 11.5. The summed E-state index contributed by atoms with van der Waals surface area (Å²) < 4.78 is 5.26. The highest BCUT2D eigenvalue weighted by atomic mass is 16.5. The van der Waals surface area contributed by atoms with E-state index in [1.165, 1.54) is 11.1 Å². The van der Waals surface area contributed by atoms with Crippen molar-refractivity contribution < 1.29 is 9.53 Å². The van der Waals surface area contributed by atoms with Crippen LogP contribution in [0.25, 0.3) is 0 Å². The van der Waals surface area contributed by atoms with Crippen molar-refractivity contribution in [1.29, 1.82) is 0 Å². The van der Waals surface area contributed by atoms with E-state index in [9.17, 15) is 4.79 Å². The summed E-state index contributed by atoms with van der Waals surface area (Å²) in [6.45, 7) is 10.9. The molecule has 0 aromatic heterocycles. The minimum atomic E-state index is -0.101. The third kappa shape index (κ3) is 7.44. The molecule has 0 aliphatic rings. The van der Waals surface area contributed by atoms with Crippen LogP contribution in [0, 0.1) is 12.8 Å². The number of ether oxygens (including phenoxy) is 1. The van der Waals surface area contributed by atoms with Crippen molar-refractivity contribution in [2.24, 2.45) is 5.92 Å². The van der Waals surface area contributed by atoms with Crippen LogP contribution in [0.5, 0.6) is 0 Å². The Bertz CT molecular complexity index is 483. The third-order valence-electron chi connectivity index (χ3n) is 3.77. The molecule has 0 saturated carbocycles. The molecule has 0 aliphatic heterocycles. The maximum Gasteiger partial charge on any atom is 0.306 e. The summed E-state index contributed by atoms with van der Waals surface area (Å²) in [6.07, 6.45) is 4.81. The predicted octanol–water partition coefficient (Wildman–Crippen LogP) is 5.41. The van der Waals surface area contributed by atoms with Crippen molar-refractivity contribution >= 4 is 5.97 Å². The SMILES string of the molecule is CC(=CCCC(C)c1ccc(C)cc1)COC(=O)CC(C)C. The average molecular weight is 302 g/mol. The first-order chi connectivity index (χ1) is 10.4. The second-order valence-corrected chi connectivity index (χ2v) is 6.70. The number of carbonyl (C=O) groups excluding carboxylic acids is 1. The van der Waals surface area contributed by atoms with Crippen molar-refractivity contribution in [1.82, 2.24) is 0 Å². The molecular weight excluding hydrogens is 272 g/mol. The minimum Gasteiger partial charge on any atom is -0.461 e. The molecule has 1 atom stereocenters. The second-order valence-electron chi connectivity index (χ2n) is 6.70. The molecule has 1 unspecified atom stereocenters. The monoisotopic (exact) mass is 302 g/mol. The van der Waals surface area contributed by atoms with Gasteiger partial charge >= 0.3 is 5.97 Å². The van der Waals surface area contributed by atoms with Crippen LogP contribution in [0.2, 0.25) is 0 Å². The Balaban J connectivity index is 2.32. The van der Waals surface area contributed by atoms with Gasteiger partial charge in [0.25, 0.3) is 0 Å². The molecule has 0 spiro atoms. The van der Waals surface area contributed by atoms with Gasteiger partial charge in [-0.05, 0) is 49.7 Å². The predicted molar refractivity (Wildman–Crippen MR) is 93.0 cm³/mol. The van der Waals surface area contributed by atoms with Crippen LogP contribution < -0.4 is 0 Å². The average Bonchev–Trinajstić information content (AvgIpc) is 2.45. The number of esters is 1. The van der Waals surface area contributed by atoms with Gasteiger partial charge < -0.3 is 4.74 Å². The van der Waals surface area contributed by atoms with Gasteiger partial charge in [-0.1, -0.05) is 56.7 Å². The Morgan fingerprint density at radius 2 is 1.82 bits per heavy atom. The molecule has 0 N–H and O–H groups in total. The summed E-state index contributed by atoms with van der Waals surface area (Å²) in [4.78, 5) is 11.5. The lowest BCUT2D eigenvalue weighted by Crippen LogP contribution is -2.09. The fraction of sp³-hybridized carbons (Fsp3) is 0.550. The summed E-state index contributed by atoms with van der Waals surface area (Å²) in [5.74, 6) is 0.802. The second kappa shape index (κ2) is 9.45. The van der Waals surface area contributed by atoms with E-state index in [0.717, 1.165) is 18.4 Å². The van der Waals surface area contributed by atoms with E-state index in [1.54, 1.807) is 0 Å². The van der Waals surface area contributed by atoms with Crippen LogP contribution in [0.4, 0.5) is 0 Å². The van der Waals surface area contributed by atoms with Gasteiger partial charge in [0.05, 0.1) is 0 Å². The standard InChI is InChI=1S/C20H30O2/c1-15(2)13-20(21)22-14-17(4)7-6-8-18(5)19-11-9-16(3)10-12-19/h7,9-12,15,18H,6,8,13-14H2,1-5H3. The molecule has 1 aromatic carbocycles. The van der Waals surface area contributed by atoms with Crippen LogP contribution >= 0.6 is 0 Å². The lowest BCUT2D eigenvalue weighted by Gasteiger charge is -2.11. The highest BCUT2D eigenvalue weighted by Gasteiger charge is 2.07. The molecule has 1 aromatic rings. The van der Waals surface area contributed by atoms with Crippen LogP contribution in [0.3, 0.4) is 0 Å². The van der Waals surface area contributed by atoms with Gasteiger partial charge in [0.2, 0.25) is 0 Å². The summed E-state index contributed by atoms with van der Waals surface area (Å²) in [7, 11) is 0. The number of rotatable bonds is 8. The summed E-state index contributed by atoms with van der Waals surface area (Å²) in [5, 5.41) is 0. The smallest absolute Gasteiger partial charge is 0.306 e. The Hall–Kier alpha value is -1.57. The number of benzene rings is 1. The van der Waals surface area contributed by atoms with Gasteiger partial charge in [-0.2, -0.15) is 0 Å². The van der Waals surface area contributed by atoms with E-state index < -0.39 is 0 Å². The van der Waals surface area contributed by atoms with Crippen molar-refractivity contribution in [2.45, 2.75) is 59.8 Å². The van der Waals surface area contributed by atoms with Crippen LogP contribution in [0.1, 0.15) is 64.0 Å². The van der Waals surface area contributed by atoms with Gasteiger partial charge in [-0.3, -0.25) is 4.79 Å². The Morgan fingerprint density at radius 1 is 1.18 bits per heavy atom. The highest BCUT2D eigenvalue weighted by molar-refractivity contribution is 5.69. The summed E-state index contributed by atoms with van der Waals surface area (Å²) in [6, 6.07) is 8.76. The number of carbonyl (C=O) groups is 1. The van der Waals surface area contributed by atoms with E-state index >= 15 is 0 Å². The van der Waals surface area contributed by atoms with Gasteiger partial charge in [-0.15, -0.1) is 0 Å². The largest absolute Gasteiger partial charge is 0.461 e. The molecule has 0 saturated heterocycles. The maximum absolute atomic E-state index is 11.5. The normalized spacial score (nSPS) is 13.3. The Morgan fingerprint density at radius 3 is 2.41 bits per heavy atom. The fourth-order valence-electron chi connectivity index (χ4n) is 2.29. The third-order valence-corrected chi connectivity index (χ3v) is 3.77. The van der Waals surface area contributed by atoms with Crippen LogP contribution in [0.15, 0.2) is 35.9 Å². The number of aryl methyl sites for hydroxylation is 1. The molecule has 2 nitrogen and oxygen atoms in total. The molecule has 22 heavy (non-hydrogen) atoms. The summed E-state index contributed by atoms with van der Waals surface area (Å²) >= 11 is 0. The number of allylic oxidation sites excluding steroid dienone is 1. The molecule has 0 fully saturated rings. The highest BCUT2D eigenvalue weighted by Crippen LogP contribution is 2.21. The van der Waals surface area contributed by atoms with E-state index in [2.05, 4.69) is 44.2 Å². The molecule has 0 radical (unpaired) electrons. The van der Waals surface area contributed by atoms with Gasteiger partial charge in [0.1, 0.15) is 6.61 Å². The van der Waals surface area contributed by atoms with E-state index in [4.69, 9.17) is 4.74 Å². The van der Waals surface area contributed by atoms with Crippen molar-refractivity contribution in [3.8, 4) is 0 Å². The van der Waals surface area contributed by atoms with E-state index in [1.807, 2.05) is 20.8 Å². The van der Waals surface area contributed by atoms with E-state index in [-0.39, 0.29) is 5.97 Å². The van der Waals surface area contributed by atoms with Gasteiger partial charge in [0.15, 0.2) is 0 Å². The van der Waals surface area contributed by atoms with Crippen molar-refractivity contribution in [3.63, 3.8) is 0 Å². The van der Waals surface area contributed by atoms with E-state index in [0.29, 0.717) is 24.9 Å². The molecule has 0 heterocycles. The van der Waals surface area contributed by atoms with Gasteiger partial charge in [0, 0.05) is 6.42 Å². The zero-order chi connectivity index (χ0) is 16.5. The van der Waals surface area contributed by atoms with Crippen LogP contribution in [-0.2, 0) is 9.53 Å². The molecule has 2 heteroatoms. The molecule has 0 aliphatic carbocycles. The van der Waals surface area contributed by atoms with Crippen molar-refractivity contribution in [3.05, 3.63) is 47.0 Å². The Kier molecular flexibility index (Phi) is 7.94. The fourth-order valence-corrected chi connectivity index (χ4v) is 2.29. The lowest BCUT2D eigenvalue weighted by atomic mass is 9.95. The minimum absolute atomic E-state index is 0.101. The first kappa shape index (κ1) is 18.5. The Labute approximate surface area is 135 Å². The van der Waals surface area contributed by atoms with Gasteiger partial charge in [-0.25, -0.2) is 0 Å². The molecule has 0 amide bonds. The first-order valence-electron chi connectivity index (χ1n) is 8.26. The molecule has 122 valence electrons. The first-order valence-corrected chi connectivity index (χ1v) is 8.26. The topological polar surface area (TPSA) is 26.3 Å². The quantitative estimate of drug-likeness (QED) is 0.474. The molecule has 0 bridgehead atoms. The molecule has 1 rings (SSSR count). The zero-order valence-corrected chi connectivity index (χ0v) is 14.7. The lowest BCUT2D eigenvalue weighted by molar-refractivity contribution is -0.143. The number of hydrogen-bond acceptors (Lipinski definition) is 2. The zero-order valence-electron chi connectivity index (χ0n) is 14.7. The number of hydrogen-bond donors (Lipinski definition) is 0. The summed E-state index contributed by atoms with van der Waals surface area (Å²) in [5.41, 5.74) is 3.82.